The number of aromatic nitrogens is 2. The summed E-state index contributed by atoms with van der Waals surface area (Å²) in [7, 11) is 0. The van der Waals surface area contributed by atoms with E-state index in [4.69, 9.17) is 0 Å². The Kier molecular flexibility index (Phi) is 4.63. The molecule has 1 fully saturated rings. The largest absolute Gasteiger partial charge is 0.353 e. The van der Waals surface area contributed by atoms with E-state index in [0.717, 1.165) is 37.7 Å². The van der Waals surface area contributed by atoms with Crippen LogP contribution in [0.25, 0.3) is 0 Å². The first-order valence-electron chi connectivity index (χ1n) is 7.66. The Morgan fingerprint density at radius 2 is 1.68 bits per heavy atom. The third-order valence-electron chi connectivity index (χ3n) is 3.93. The first kappa shape index (κ1) is 14.5. The smallest absolute Gasteiger partial charge is 0.223 e. The van der Waals surface area contributed by atoms with Crippen molar-refractivity contribution in [3.05, 3.63) is 54.5 Å². The third-order valence-corrected chi connectivity index (χ3v) is 3.93. The molecule has 0 atom stereocenters. The second-order valence-electron chi connectivity index (χ2n) is 5.38. The fraction of sp³-hybridized carbons (Fsp3) is 0.353. The van der Waals surface area contributed by atoms with Crippen LogP contribution in [-0.4, -0.2) is 47.0 Å². The lowest BCUT2D eigenvalue weighted by Crippen LogP contribution is -2.49. The first-order chi connectivity index (χ1) is 10.8. The Morgan fingerprint density at radius 3 is 2.32 bits per heavy atom. The van der Waals surface area contributed by atoms with Crippen molar-refractivity contribution in [1.29, 1.82) is 0 Å². The lowest BCUT2D eigenvalue weighted by molar-refractivity contribution is -0.131. The molecule has 0 saturated carbocycles. The summed E-state index contributed by atoms with van der Waals surface area (Å²) in [5, 5.41) is 0. The van der Waals surface area contributed by atoms with Crippen molar-refractivity contribution in [2.75, 3.05) is 31.1 Å². The molecule has 0 unspecified atom stereocenters. The minimum absolute atomic E-state index is 0.214. The van der Waals surface area contributed by atoms with Crippen LogP contribution in [0.15, 0.2) is 48.8 Å². The van der Waals surface area contributed by atoms with Crippen molar-refractivity contribution in [3.63, 3.8) is 0 Å². The number of aryl methyl sites for hydroxylation is 1. The number of nitrogens with zero attached hydrogens (tertiary/aromatic N) is 4. The fourth-order valence-electron chi connectivity index (χ4n) is 2.66. The summed E-state index contributed by atoms with van der Waals surface area (Å²) in [6.45, 7) is 3.20. The number of carbonyl (C=O) groups is 1. The molecule has 2 aromatic rings. The van der Waals surface area contributed by atoms with Gasteiger partial charge in [-0.25, -0.2) is 4.98 Å². The Bertz CT molecular complexity index is 595. The molecular formula is C17H20N4O. The highest BCUT2D eigenvalue weighted by atomic mass is 16.2. The number of amides is 1. The van der Waals surface area contributed by atoms with Crippen LogP contribution in [0.1, 0.15) is 12.1 Å². The maximum atomic E-state index is 12.3. The molecule has 5 nitrogen and oxygen atoms in total. The molecule has 1 saturated heterocycles. The second kappa shape index (κ2) is 7.02. The minimum Gasteiger partial charge on any atom is -0.353 e. The molecule has 1 aliphatic rings. The molecule has 22 heavy (non-hydrogen) atoms. The number of hydrogen-bond donors (Lipinski definition) is 0. The van der Waals surface area contributed by atoms with Gasteiger partial charge in [0.2, 0.25) is 5.91 Å². The molecule has 0 aromatic carbocycles. The van der Waals surface area contributed by atoms with Crippen molar-refractivity contribution in [2.24, 2.45) is 0 Å². The molecule has 3 rings (SSSR count). The first-order valence-corrected chi connectivity index (χ1v) is 7.66. The molecule has 0 N–H and O–H groups in total. The van der Waals surface area contributed by atoms with Crippen LogP contribution < -0.4 is 4.90 Å². The molecule has 2 aromatic heterocycles. The van der Waals surface area contributed by atoms with Crippen molar-refractivity contribution < 1.29 is 4.79 Å². The van der Waals surface area contributed by atoms with E-state index in [2.05, 4.69) is 14.9 Å². The summed E-state index contributed by atoms with van der Waals surface area (Å²) >= 11 is 0. The highest BCUT2D eigenvalue weighted by molar-refractivity contribution is 5.76. The molecule has 0 bridgehead atoms. The van der Waals surface area contributed by atoms with Crippen molar-refractivity contribution >= 4 is 11.7 Å². The average Bonchev–Trinajstić information content (AvgIpc) is 2.61. The van der Waals surface area contributed by atoms with E-state index in [1.54, 1.807) is 12.4 Å². The van der Waals surface area contributed by atoms with Gasteiger partial charge in [0.15, 0.2) is 0 Å². The van der Waals surface area contributed by atoms with Crippen LogP contribution in [0.4, 0.5) is 5.82 Å². The predicted octanol–water partition coefficient (Wildman–Crippen LogP) is 1.76. The molecule has 0 aliphatic carbocycles. The fourth-order valence-corrected chi connectivity index (χ4v) is 2.66. The van der Waals surface area contributed by atoms with Gasteiger partial charge in [-0.1, -0.05) is 12.1 Å². The zero-order valence-electron chi connectivity index (χ0n) is 12.6. The molecular weight excluding hydrogens is 276 g/mol. The lowest BCUT2D eigenvalue weighted by atomic mass is 10.2. The molecule has 0 radical (unpaired) electrons. The van der Waals surface area contributed by atoms with Gasteiger partial charge in [-0.15, -0.1) is 0 Å². The quantitative estimate of drug-likeness (QED) is 0.862. The molecule has 114 valence electrons. The van der Waals surface area contributed by atoms with E-state index in [1.807, 2.05) is 41.3 Å². The molecule has 3 heterocycles. The Labute approximate surface area is 130 Å². The zero-order valence-corrected chi connectivity index (χ0v) is 12.6. The van der Waals surface area contributed by atoms with Crippen LogP contribution in [0.3, 0.4) is 0 Å². The zero-order chi connectivity index (χ0) is 15.2. The van der Waals surface area contributed by atoms with E-state index in [9.17, 15) is 4.79 Å². The van der Waals surface area contributed by atoms with Crippen LogP contribution in [0.2, 0.25) is 0 Å². The monoisotopic (exact) mass is 296 g/mol. The van der Waals surface area contributed by atoms with Gasteiger partial charge in [0.25, 0.3) is 0 Å². The van der Waals surface area contributed by atoms with Gasteiger partial charge in [-0.2, -0.15) is 0 Å². The second-order valence-corrected chi connectivity index (χ2v) is 5.38. The van der Waals surface area contributed by atoms with Crippen LogP contribution in [0.5, 0.6) is 0 Å². The normalized spacial score (nSPS) is 14.9. The van der Waals surface area contributed by atoms with Gasteiger partial charge in [-0.05, 0) is 30.7 Å². The summed E-state index contributed by atoms with van der Waals surface area (Å²) < 4.78 is 0. The number of rotatable bonds is 4. The summed E-state index contributed by atoms with van der Waals surface area (Å²) in [6.07, 6.45) is 4.81. The Hall–Kier alpha value is -2.43. The minimum atomic E-state index is 0.214. The summed E-state index contributed by atoms with van der Waals surface area (Å²) in [5.41, 5.74) is 0.975. The van der Waals surface area contributed by atoms with Crippen LogP contribution in [0, 0.1) is 0 Å². The maximum absolute atomic E-state index is 12.3. The maximum Gasteiger partial charge on any atom is 0.223 e. The molecule has 1 amide bonds. The number of pyridine rings is 2. The van der Waals surface area contributed by atoms with E-state index in [-0.39, 0.29) is 5.91 Å². The van der Waals surface area contributed by atoms with E-state index in [1.165, 1.54) is 0 Å². The van der Waals surface area contributed by atoms with Gasteiger partial charge < -0.3 is 9.80 Å². The van der Waals surface area contributed by atoms with Crippen molar-refractivity contribution in [2.45, 2.75) is 12.8 Å². The Morgan fingerprint density at radius 1 is 0.955 bits per heavy atom. The van der Waals surface area contributed by atoms with Gasteiger partial charge in [0.1, 0.15) is 5.82 Å². The molecule has 1 aliphatic heterocycles. The molecule has 5 heteroatoms. The van der Waals surface area contributed by atoms with Crippen molar-refractivity contribution in [3.8, 4) is 0 Å². The van der Waals surface area contributed by atoms with Gasteiger partial charge >= 0.3 is 0 Å². The van der Waals surface area contributed by atoms with Gasteiger partial charge in [0.05, 0.1) is 0 Å². The summed E-state index contributed by atoms with van der Waals surface area (Å²) in [5.74, 6) is 1.20. The van der Waals surface area contributed by atoms with Crippen LogP contribution >= 0.6 is 0 Å². The molecule has 0 spiro atoms. The van der Waals surface area contributed by atoms with Gasteiger partial charge in [0, 0.05) is 50.7 Å². The van der Waals surface area contributed by atoms with Crippen molar-refractivity contribution in [1.82, 2.24) is 14.9 Å². The number of carbonyl (C=O) groups excluding carboxylic acids is 1. The SMILES string of the molecule is O=C(CCc1ccccn1)N1CCN(c2ccccn2)CC1. The Balaban J connectivity index is 1.48. The summed E-state index contributed by atoms with van der Waals surface area (Å²) in [6, 6.07) is 11.7. The van der Waals surface area contributed by atoms with E-state index < -0.39 is 0 Å². The topological polar surface area (TPSA) is 49.3 Å². The average molecular weight is 296 g/mol. The highest BCUT2D eigenvalue weighted by Gasteiger charge is 2.21. The highest BCUT2D eigenvalue weighted by Crippen LogP contribution is 2.13. The third kappa shape index (κ3) is 3.61. The lowest BCUT2D eigenvalue weighted by Gasteiger charge is -2.35. The number of anilines is 1. The standard InChI is InChI=1S/C17H20N4O/c22-17(8-7-15-5-1-3-9-18-15)21-13-11-20(12-14-21)16-6-2-4-10-19-16/h1-6,9-10H,7-8,11-14H2. The summed E-state index contributed by atoms with van der Waals surface area (Å²) in [4.78, 5) is 25.1. The number of hydrogen-bond acceptors (Lipinski definition) is 4. The predicted molar refractivity (Wildman–Crippen MR) is 85.6 cm³/mol. The van der Waals surface area contributed by atoms with E-state index >= 15 is 0 Å². The van der Waals surface area contributed by atoms with Crippen LogP contribution in [-0.2, 0) is 11.2 Å². The van der Waals surface area contributed by atoms with Gasteiger partial charge in [-0.3, -0.25) is 9.78 Å². The van der Waals surface area contributed by atoms with E-state index in [0.29, 0.717) is 12.8 Å². The number of piperazine rings is 1.